The molecular weight excluding hydrogens is 194 g/mol. The van der Waals surface area contributed by atoms with Gasteiger partial charge in [0.05, 0.1) is 11.9 Å². The van der Waals surface area contributed by atoms with Crippen molar-refractivity contribution in [1.82, 2.24) is 9.97 Å². The van der Waals surface area contributed by atoms with E-state index in [1.165, 1.54) is 12.4 Å². The zero-order valence-electron chi connectivity index (χ0n) is 7.77. The highest BCUT2D eigenvalue weighted by atomic mass is 16.3. The molecule has 0 bridgehead atoms. The van der Waals surface area contributed by atoms with Crippen LogP contribution < -0.4 is 11.0 Å². The van der Waals surface area contributed by atoms with Crippen molar-refractivity contribution in [3.63, 3.8) is 0 Å². The molecule has 5 heteroatoms. The lowest BCUT2D eigenvalue weighted by Gasteiger charge is -2.04. The Morgan fingerprint density at radius 1 is 1.20 bits per heavy atom. The molecular formula is C10H9N3O2. The molecule has 0 fully saturated rings. The number of hydrogen-bond donors (Lipinski definition) is 3. The molecule has 0 atom stereocenters. The van der Waals surface area contributed by atoms with Gasteiger partial charge < -0.3 is 15.4 Å². The minimum atomic E-state index is -0.383. The highest BCUT2D eigenvalue weighted by Gasteiger charge is 1.95. The number of aromatic hydroxyl groups is 1. The third-order valence-corrected chi connectivity index (χ3v) is 1.83. The smallest absolute Gasteiger partial charge is 0.345 e. The number of benzene rings is 1. The molecule has 1 heterocycles. The predicted octanol–water partition coefficient (Wildman–Crippen LogP) is 1.22. The van der Waals surface area contributed by atoms with E-state index in [1.807, 2.05) is 0 Å². The monoisotopic (exact) mass is 203 g/mol. The molecule has 3 N–H and O–H groups in total. The summed E-state index contributed by atoms with van der Waals surface area (Å²) in [5, 5.41) is 12.1. The summed E-state index contributed by atoms with van der Waals surface area (Å²) < 4.78 is 0. The molecule has 0 spiro atoms. The number of rotatable bonds is 2. The number of hydrogen-bond acceptors (Lipinski definition) is 4. The van der Waals surface area contributed by atoms with E-state index >= 15 is 0 Å². The van der Waals surface area contributed by atoms with Crippen molar-refractivity contribution in [3.05, 3.63) is 47.1 Å². The molecule has 5 nitrogen and oxygen atoms in total. The Bertz CT molecular complexity index is 484. The molecule has 2 aromatic rings. The largest absolute Gasteiger partial charge is 0.508 e. The third-order valence-electron chi connectivity index (χ3n) is 1.83. The molecule has 0 saturated heterocycles. The summed E-state index contributed by atoms with van der Waals surface area (Å²) in [7, 11) is 0. The van der Waals surface area contributed by atoms with Crippen molar-refractivity contribution in [3.8, 4) is 5.75 Å². The summed E-state index contributed by atoms with van der Waals surface area (Å²) in [5.74, 6) is 0.208. The number of phenols is 1. The number of aromatic nitrogens is 2. The lowest BCUT2D eigenvalue weighted by molar-refractivity contribution is 0.475. The van der Waals surface area contributed by atoms with Gasteiger partial charge in [0.2, 0.25) is 0 Å². The van der Waals surface area contributed by atoms with Crippen LogP contribution in [0.4, 0.5) is 11.4 Å². The van der Waals surface area contributed by atoms with Gasteiger partial charge >= 0.3 is 5.69 Å². The number of anilines is 2. The third kappa shape index (κ3) is 2.34. The molecule has 0 radical (unpaired) electrons. The number of phenolic OH excluding ortho intramolecular Hbond substituents is 1. The maximum Gasteiger partial charge on any atom is 0.345 e. The summed E-state index contributed by atoms with van der Waals surface area (Å²) in [6, 6.07) is 6.59. The van der Waals surface area contributed by atoms with Gasteiger partial charge in [0, 0.05) is 11.9 Å². The summed E-state index contributed by atoms with van der Waals surface area (Å²) in [5.41, 5.74) is 1.10. The van der Waals surface area contributed by atoms with E-state index in [9.17, 15) is 4.79 Å². The first kappa shape index (κ1) is 9.26. The molecule has 2 rings (SSSR count). The summed E-state index contributed by atoms with van der Waals surface area (Å²) in [6.45, 7) is 0. The number of nitrogens with zero attached hydrogens (tertiary/aromatic N) is 1. The molecule has 1 aromatic carbocycles. The van der Waals surface area contributed by atoms with Crippen LogP contribution >= 0.6 is 0 Å². The molecule has 0 aliphatic heterocycles. The van der Waals surface area contributed by atoms with Crippen LogP contribution in [0.5, 0.6) is 5.75 Å². The molecule has 76 valence electrons. The van der Waals surface area contributed by atoms with Gasteiger partial charge in [-0.3, -0.25) is 0 Å². The highest BCUT2D eigenvalue weighted by molar-refractivity contribution is 5.58. The number of nitrogens with one attached hydrogen (secondary N) is 2. The van der Waals surface area contributed by atoms with Gasteiger partial charge in [0.1, 0.15) is 5.75 Å². The van der Waals surface area contributed by atoms with Crippen LogP contribution in [-0.2, 0) is 0 Å². The van der Waals surface area contributed by atoms with Gasteiger partial charge in [-0.2, -0.15) is 4.98 Å². The topological polar surface area (TPSA) is 78.0 Å². The van der Waals surface area contributed by atoms with Crippen molar-refractivity contribution in [2.24, 2.45) is 0 Å². The SMILES string of the molecule is O=c1ncc(Nc2ccc(O)cc2)c[nH]1. The molecule has 15 heavy (non-hydrogen) atoms. The van der Waals surface area contributed by atoms with E-state index in [-0.39, 0.29) is 11.4 Å². The molecule has 0 amide bonds. The van der Waals surface area contributed by atoms with Gasteiger partial charge in [-0.15, -0.1) is 0 Å². The molecule has 0 aliphatic carbocycles. The standard InChI is InChI=1S/C10H9N3O2/c14-9-3-1-7(2-4-9)13-8-5-11-10(15)12-6-8/h1-6,13-14H,(H,11,12,15). The maximum atomic E-state index is 10.7. The Morgan fingerprint density at radius 2 is 1.93 bits per heavy atom. The second kappa shape index (κ2) is 3.83. The van der Waals surface area contributed by atoms with E-state index in [0.717, 1.165) is 5.69 Å². The lowest BCUT2D eigenvalue weighted by Crippen LogP contribution is -2.08. The Kier molecular flexibility index (Phi) is 2.37. The normalized spacial score (nSPS) is 9.87. The van der Waals surface area contributed by atoms with Crippen LogP contribution in [-0.4, -0.2) is 15.1 Å². The first-order valence-corrected chi connectivity index (χ1v) is 4.35. The fourth-order valence-corrected chi connectivity index (χ4v) is 1.12. The average molecular weight is 203 g/mol. The highest BCUT2D eigenvalue weighted by Crippen LogP contribution is 2.17. The van der Waals surface area contributed by atoms with Gasteiger partial charge in [0.15, 0.2) is 0 Å². The Balaban J connectivity index is 2.18. The van der Waals surface area contributed by atoms with Crippen molar-refractivity contribution in [2.45, 2.75) is 0 Å². The number of aromatic amines is 1. The fraction of sp³-hybridized carbons (Fsp3) is 0. The molecule has 1 aromatic heterocycles. The van der Waals surface area contributed by atoms with Crippen LogP contribution in [0.2, 0.25) is 0 Å². The molecule has 0 aliphatic rings. The van der Waals surface area contributed by atoms with Crippen molar-refractivity contribution in [2.75, 3.05) is 5.32 Å². The van der Waals surface area contributed by atoms with E-state index in [0.29, 0.717) is 5.69 Å². The Morgan fingerprint density at radius 3 is 2.53 bits per heavy atom. The lowest BCUT2D eigenvalue weighted by atomic mass is 10.3. The zero-order chi connectivity index (χ0) is 10.7. The van der Waals surface area contributed by atoms with Crippen LogP contribution in [0.25, 0.3) is 0 Å². The van der Waals surface area contributed by atoms with Crippen molar-refractivity contribution < 1.29 is 5.11 Å². The quantitative estimate of drug-likeness (QED) is 0.641. The van der Waals surface area contributed by atoms with Crippen LogP contribution in [0.15, 0.2) is 41.5 Å². The van der Waals surface area contributed by atoms with Gasteiger partial charge in [0.25, 0.3) is 0 Å². The molecule has 0 saturated carbocycles. The van der Waals surface area contributed by atoms with Crippen LogP contribution in [0, 0.1) is 0 Å². The summed E-state index contributed by atoms with van der Waals surface area (Å²) >= 11 is 0. The summed E-state index contributed by atoms with van der Waals surface area (Å²) in [4.78, 5) is 16.7. The van der Waals surface area contributed by atoms with E-state index in [2.05, 4.69) is 15.3 Å². The van der Waals surface area contributed by atoms with E-state index in [4.69, 9.17) is 5.11 Å². The van der Waals surface area contributed by atoms with E-state index < -0.39 is 0 Å². The van der Waals surface area contributed by atoms with E-state index in [1.54, 1.807) is 24.3 Å². The average Bonchev–Trinajstić information content (AvgIpc) is 2.25. The van der Waals surface area contributed by atoms with Gasteiger partial charge in [-0.25, -0.2) is 4.79 Å². The zero-order valence-corrected chi connectivity index (χ0v) is 7.77. The maximum absolute atomic E-state index is 10.7. The Labute approximate surface area is 85.4 Å². The van der Waals surface area contributed by atoms with Crippen LogP contribution in [0.3, 0.4) is 0 Å². The Hall–Kier alpha value is -2.30. The first-order valence-electron chi connectivity index (χ1n) is 4.35. The first-order chi connectivity index (χ1) is 7.24. The number of H-pyrrole nitrogens is 1. The van der Waals surface area contributed by atoms with Crippen molar-refractivity contribution >= 4 is 11.4 Å². The van der Waals surface area contributed by atoms with Crippen molar-refractivity contribution in [1.29, 1.82) is 0 Å². The summed E-state index contributed by atoms with van der Waals surface area (Å²) in [6.07, 6.45) is 2.97. The van der Waals surface area contributed by atoms with Gasteiger partial charge in [-0.05, 0) is 24.3 Å². The fourth-order valence-electron chi connectivity index (χ4n) is 1.12. The van der Waals surface area contributed by atoms with Gasteiger partial charge in [-0.1, -0.05) is 0 Å². The predicted molar refractivity (Wildman–Crippen MR) is 56.2 cm³/mol. The minimum absolute atomic E-state index is 0.208. The van der Waals surface area contributed by atoms with Crippen LogP contribution in [0.1, 0.15) is 0 Å². The minimum Gasteiger partial charge on any atom is -0.508 e. The second-order valence-electron chi connectivity index (χ2n) is 2.98. The second-order valence-corrected chi connectivity index (χ2v) is 2.98. The molecule has 0 unspecified atom stereocenters.